The summed E-state index contributed by atoms with van der Waals surface area (Å²) in [4.78, 5) is 11.4. The van der Waals surface area contributed by atoms with E-state index in [0.29, 0.717) is 19.3 Å². The predicted octanol–water partition coefficient (Wildman–Crippen LogP) is 4.77. The molecule has 3 nitrogen and oxygen atoms in total. The topological polar surface area (TPSA) is 46.5 Å². The van der Waals surface area contributed by atoms with E-state index in [1.54, 1.807) is 0 Å². The molecule has 0 aromatic carbocycles. The third-order valence-electron chi connectivity index (χ3n) is 5.16. The van der Waals surface area contributed by atoms with Gasteiger partial charge in [-0.25, -0.2) is 0 Å². The number of unbranched alkanes of at least 4 members (excludes halogenated alkanes) is 1. The Kier molecular flexibility index (Phi) is 5.63. The quantitative estimate of drug-likeness (QED) is 0.562. The van der Waals surface area contributed by atoms with Crippen molar-refractivity contribution in [2.75, 3.05) is 0 Å². The number of allylic oxidation sites excluding steroid dienone is 2. The fraction of sp³-hybridized carbons (Fsp3) is 0.824. The summed E-state index contributed by atoms with van der Waals surface area (Å²) in [6, 6.07) is 0. The SMILES string of the molecule is CCCCC(CC=C(O)[C@@H]1[C@H]2CC(=O)O[C@@H]2C[C@H]1C)C(F)(F)F. The fourth-order valence-corrected chi connectivity index (χ4v) is 3.92. The summed E-state index contributed by atoms with van der Waals surface area (Å²) in [6.45, 7) is 3.80. The molecule has 1 saturated heterocycles. The Morgan fingerprint density at radius 3 is 2.78 bits per heavy atom. The van der Waals surface area contributed by atoms with Gasteiger partial charge in [-0.05, 0) is 31.3 Å². The first-order valence-electron chi connectivity index (χ1n) is 8.39. The summed E-state index contributed by atoms with van der Waals surface area (Å²) in [7, 11) is 0. The third kappa shape index (κ3) is 4.21. The van der Waals surface area contributed by atoms with Gasteiger partial charge in [-0.1, -0.05) is 26.7 Å². The summed E-state index contributed by atoms with van der Waals surface area (Å²) in [5, 5.41) is 10.3. The fourth-order valence-electron chi connectivity index (χ4n) is 3.92. The standard InChI is InChI=1S/C17H25F3O3/c1-3-4-5-11(17(18,19)20)6-7-13(21)16-10(2)8-14-12(16)9-15(22)23-14/h7,10-12,14,16,21H,3-6,8-9H2,1-2H3/t10-,11?,12+,14-,16+/m1/s1. The Bertz CT molecular complexity index is 458. The Balaban J connectivity index is 2.04. The van der Waals surface area contributed by atoms with Gasteiger partial charge in [-0.15, -0.1) is 0 Å². The average Bonchev–Trinajstić information content (AvgIpc) is 2.91. The van der Waals surface area contributed by atoms with Crippen LogP contribution in [0.5, 0.6) is 0 Å². The van der Waals surface area contributed by atoms with Crippen LogP contribution >= 0.6 is 0 Å². The second-order valence-corrected chi connectivity index (χ2v) is 6.88. The lowest BCUT2D eigenvalue weighted by Crippen LogP contribution is -2.23. The van der Waals surface area contributed by atoms with E-state index in [4.69, 9.17) is 4.74 Å². The maximum Gasteiger partial charge on any atom is 0.392 e. The molecule has 1 saturated carbocycles. The second kappa shape index (κ2) is 7.14. The number of aliphatic hydroxyl groups excluding tert-OH is 1. The van der Waals surface area contributed by atoms with Crippen LogP contribution in [-0.4, -0.2) is 23.4 Å². The van der Waals surface area contributed by atoms with Crippen LogP contribution < -0.4 is 0 Å². The van der Waals surface area contributed by atoms with Gasteiger partial charge in [0.05, 0.1) is 18.1 Å². The molecule has 2 fully saturated rings. The third-order valence-corrected chi connectivity index (χ3v) is 5.16. The highest BCUT2D eigenvalue weighted by atomic mass is 19.4. The van der Waals surface area contributed by atoms with Crippen LogP contribution in [0, 0.1) is 23.7 Å². The van der Waals surface area contributed by atoms with E-state index in [9.17, 15) is 23.1 Å². The summed E-state index contributed by atoms with van der Waals surface area (Å²) in [5.74, 6) is -1.97. The van der Waals surface area contributed by atoms with E-state index in [1.165, 1.54) is 6.08 Å². The minimum Gasteiger partial charge on any atom is -0.512 e. The van der Waals surface area contributed by atoms with Crippen molar-refractivity contribution >= 4 is 5.97 Å². The number of carbonyl (C=O) groups excluding carboxylic acids is 1. The zero-order valence-electron chi connectivity index (χ0n) is 13.6. The number of ether oxygens (including phenoxy) is 1. The lowest BCUT2D eigenvalue weighted by molar-refractivity contribution is -0.175. The Morgan fingerprint density at radius 1 is 1.48 bits per heavy atom. The van der Waals surface area contributed by atoms with Crippen LogP contribution in [0.15, 0.2) is 11.8 Å². The van der Waals surface area contributed by atoms with Gasteiger partial charge >= 0.3 is 12.1 Å². The number of esters is 1. The second-order valence-electron chi connectivity index (χ2n) is 6.88. The number of aliphatic hydroxyl groups is 1. The predicted molar refractivity (Wildman–Crippen MR) is 79.7 cm³/mol. The van der Waals surface area contributed by atoms with Crippen LogP contribution in [-0.2, 0) is 9.53 Å². The number of rotatable bonds is 6. The molecule has 2 rings (SSSR count). The lowest BCUT2D eigenvalue weighted by Gasteiger charge is -2.22. The van der Waals surface area contributed by atoms with Gasteiger partial charge < -0.3 is 9.84 Å². The van der Waals surface area contributed by atoms with Crippen LogP contribution in [0.25, 0.3) is 0 Å². The van der Waals surface area contributed by atoms with Crippen LogP contribution in [0.2, 0.25) is 0 Å². The Morgan fingerprint density at radius 2 is 2.17 bits per heavy atom. The first kappa shape index (κ1) is 18.1. The van der Waals surface area contributed by atoms with Gasteiger partial charge in [0.25, 0.3) is 0 Å². The van der Waals surface area contributed by atoms with E-state index in [2.05, 4.69) is 0 Å². The van der Waals surface area contributed by atoms with Crippen molar-refractivity contribution in [3.8, 4) is 0 Å². The van der Waals surface area contributed by atoms with Crippen molar-refractivity contribution in [2.45, 2.75) is 64.7 Å². The molecule has 132 valence electrons. The highest BCUT2D eigenvalue weighted by Gasteiger charge is 2.50. The highest BCUT2D eigenvalue weighted by molar-refractivity contribution is 5.72. The molecule has 2 aliphatic rings. The number of halogens is 3. The van der Waals surface area contributed by atoms with Gasteiger partial charge in [-0.2, -0.15) is 13.2 Å². The van der Waals surface area contributed by atoms with Gasteiger partial charge in [0.15, 0.2) is 0 Å². The Labute approximate surface area is 134 Å². The molecule has 1 N–H and O–H groups in total. The average molecular weight is 334 g/mol. The van der Waals surface area contributed by atoms with Gasteiger partial charge in [0.1, 0.15) is 6.10 Å². The molecule has 1 aliphatic heterocycles. The maximum atomic E-state index is 13.0. The molecule has 5 atom stereocenters. The number of hydrogen-bond donors (Lipinski definition) is 1. The zero-order valence-corrected chi connectivity index (χ0v) is 13.6. The van der Waals surface area contributed by atoms with Crippen LogP contribution in [0.3, 0.4) is 0 Å². The molecule has 0 aromatic heterocycles. The monoisotopic (exact) mass is 334 g/mol. The van der Waals surface area contributed by atoms with E-state index < -0.39 is 12.1 Å². The smallest absolute Gasteiger partial charge is 0.392 e. The maximum absolute atomic E-state index is 13.0. The van der Waals surface area contributed by atoms with Crippen LogP contribution in [0.4, 0.5) is 13.2 Å². The first-order chi connectivity index (χ1) is 10.7. The highest BCUT2D eigenvalue weighted by Crippen LogP contribution is 2.47. The molecule has 0 radical (unpaired) electrons. The van der Waals surface area contributed by atoms with Gasteiger partial charge in [0.2, 0.25) is 0 Å². The van der Waals surface area contributed by atoms with Gasteiger partial charge in [-0.3, -0.25) is 4.79 Å². The van der Waals surface area contributed by atoms with Crippen molar-refractivity contribution < 1.29 is 27.8 Å². The van der Waals surface area contributed by atoms with Crippen molar-refractivity contribution in [2.24, 2.45) is 23.7 Å². The summed E-state index contributed by atoms with van der Waals surface area (Å²) >= 11 is 0. The van der Waals surface area contributed by atoms with Crippen molar-refractivity contribution in [1.82, 2.24) is 0 Å². The van der Waals surface area contributed by atoms with Crippen LogP contribution in [0.1, 0.15) is 52.4 Å². The van der Waals surface area contributed by atoms with E-state index in [1.807, 2.05) is 13.8 Å². The van der Waals surface area contributed by atoms with E-state index in [0.717, 1.165) is 0 Å². The van der Waals surface area contributed by atoms with Gasteiger partial charge in [0, 0.05) is 11.8 Å². The summed E-state index contributed by atoms with van der Waals surface area (Å²) in [5.41, 5.74) is 0. The van der Waals surface area contributed by atoms with E-state index in [-0.39, 0.29) is 54.8 Å². The van der Waals surface area contributed by atoms with Crippen molar-refractivity contribution in [1.29, 1.82) is 0 Å². The number of carbonyl (C=O) groups is 1. The molecular formula is C17H25F3O3. The molecular weight excluding hydrogens is 309 g/mol. The minimum absolute atomic E-state index is 0.00551. The number of hydrogen-bond acceptors (Lipinski definition) is 3. The molecule has 0 amide bonds. The normalized spacial score (nSPS) is 32.7. The molecule has 1 heterocycles. The van der Waals surface area contributed by atoms with Crippen molar-refractivity contribution in [3.05, 3.63) is 11.8 Å². The Hall–Kier alpha value is -1.20. The number of alkyl halides is 3. The summed E-state index contributed by atoms with van der Waals surface area (Å²) in [6.07, 6.45) is -1.11. The molecule has 0 bridgehead atoms. The molecule has 0 spiro atoms. The minimum atomic E-state index is -4.25. The molecule has 1 unspecified atom stereocenters. The summed E-state index contributed by atoms with van der Waals surface area (Å²) < 4.78 is 44.3. The largest absolute Gasteiger partial charge is 0.512 e. The molecule has 6 heteroatoms. The number of fused-ring (bicyclic) bond motifs is 1. The molecule has 1 aliphatic carbocycles. The molecule has 23 heavy (non-hydrogen) atoms. The molecule has 0 aromatic rings. The van der Waals surface area contributed by atoms with Crippen molar-refractivity contribution in [3.63, 3.8) is 0 Å². The van der Waals surface area contributed by atoms with E-state index >= 15 is 0 Å². The first-order valence-corrected chi connectivity index (χ1v) is 8.39. The zero-order chi connectivity index (χ0) is 17.2. The lowest BCUT2D eigenvalue weighted by atomic mass is 9.85.